The van der Waals surface area contributed by atoms with Crippen LogP contribution in [0.25, 0.3) is 0 Å². The first-order chi connectivity index (χ1) is 14.4. The summed E-state index contributed by atoms with van der Waals surface area (Å²) in [4.78, 5) is 27.7. The molecule has 3 rings (SSSR count). The molecule has 0 bridgehead atoms. The highest BCUT2D eigenvalue weighted by atomic mass is 16.5. The van der Waals surface area contributed by atoms with Crippen LogP contribution >= 0.6 is 0 Å². The smallest absolute Gasteiger partial charge is 0.316 e. The number of carbonyl (C=O) groups is 2. The highest BCUT2D eigenvalue weighted by Gasteiger charge is 2.18. The van der Waals surface area contributed by atoms with Crippen molar-refractivity contribution in [2.75, 3.05) is 5.32 Å². The van der Waals surface area contributed by atoms with Gasteiger partial charge < -0.3 is 19.9 Å². The number of aromatic nitrogens is 4. The molecule has 30 heavy (non-hydrogen) atoms. The van der Waals surface area contributed by atoms with E-state index in [2.05, 4.69) is 25.9 Å². The van der Waals surface area contributed by atoms with E-state index >= 15 is 0 Å². The lowest BCUT2D eigenvalue weighted by Crippen LogP contribution is -2.23. The molecule has 0 unspecified atom stereocenters. The van der Waals surface area contributed by atoms with Crippen molar-refractivity contribution >= 4 is 17.5 Å². The Hall–Kier alpha value is -3.69. The number of hydrogen-bond acceptors (Lipinski definition) is 7. The molecular weight excluding hydrogens is 388 g/mol. The van der Waals surface area contributed by atoms with Crippen molar-refractivity contribution in [2.24, 2.45) is 0 Å². The number of anilines is 1. The van der Waals surface area contributed by atoms with E-state index in [-0.39, 0.29) is 24.2 Å². The third kappa shape index (κ3) is 4.83. The molecule has 10 heteroatoms. The van der Waals surface area contributed by atoms with Crippen molar-refractivity contribution in [3.8, 4) is 5.75 Å². The second-order valence-electron chi connectivity index (χ2n) is 6.63. The van der Waals surface area contributed by atoms with E-state index in [1.54, 1.807) is 24.3 Å². The van der Waals surface area contributed by atoms with E-state index in [1.165, 1.54) is 6.92 Å². The molecule has 0 spiro atoms. The van der Waals surface area contributed by atoms with Crippen molar-refractivity contribution < 1.29 is 18.8 Å². The van der Waals surface area contributed by atoms with Gasteiger partial charge in [0.1, 0.15) is 5.75 Å². The monoisotopic (exact) mass is 412 g/mol. The van der Waals surface area contributed by atoms with Gasteiger partial charge >= 0.3 is 11.8 Å². The molecule has 0 radical (unpaired) electrons. The van der Waals surface area contributed by atoms with Crippen molar-refractivity contribution in [2.45, 2.75) is 47.4 Å². The van der Waals surface area contributed by atoms with Gasteiger partial charge in [0.2, 0.25) is 11.7 Å². The number of aryl methyl sites for hydroxylation is 2. The molecule has 10 nitrogen and oxygen atoms in total. The van der Waals surface area contributed by atoms with Gasteiger partial charge in [0.05, 0.1) is 11.4 Å². The Morgan fingerprint density at radius 3 is 2.70 bits per heavy atom. The van der Waals surface area contributed by atoms with E-state index < -0.39 is 5.91 Å². The molecule has 158 valence electrons. The number of ether oxygens (including phenoxy) is 1. The van der Waals surface area contributed by atoms with Crippen LogP contribution in [0.3, 0.4) is 0 Å². The van der Waals surface area contributed by atoms with Gasteiger partial charge in [-0.25, -0.2) is 0 Å². The Labute approximate surface area is 173 Å². The number of benzene rings is 1. The maximum Gasteiger partial charge on any atom is 0.316 e. The molecule has 0 fully saturated rings. The molecule has 1 aromatic carbocycles. The summed E-state index contributed by atoms with van der Waals surface area (Å²) in [7, 11) is 0. The molecule has 3 aromatic rings. The maximum atomic E-state index is 12.4. The normalized spacial score (nSPS) is 10.7. The van der Waals surface area contributed by atoms with Crippen LogP contribution in [0.4, 0.5) is 5.69 Å². The minimum atomic E-state index is -0.476. The number of hydrogen-bond donors (Lipinski definition) is 2. The van der Waals surface area contributed by atoms with Crippen LogP contribution in [0.2, 0.25) is 0 Å². The van der Waals surface area contributed by atoms with Gasteiger partial charge in [-0.3, -0.25) is 14.3 Å². The van der Waals surface area contributed by atoms with Crippen molar-refractivity contribution in [3.63, 3.8) is 0 Å². The number of amides is 2. The predicted octanol–water partition coefficient (Wildman–Crippen LogP) is 2.37. The molecule has 2 N–H and O–H groups in total. The molecular formula is C20H24N6O4. The number of rotatable bonds is 8. The quantitative estimate of drug-likeness (QED) is 0.582. The van der Waals surface area contributed by atoms with Gasteiger partial charge in [0.15, 0.2) is 6.61 Å². The van der Waals surface area contributed by atoms with Gasteiger partial charge in [0.25, 0.3) is 0 Å². The lowest BCUT2D eigenvalue weighted by Gasteiger charge is -2.09. The number of nitrogens with one attached hydrogen (secondary N) is 2. The molecule has 0 saturated heterocycles. The Kier molecular flexibility index (Phi) is 6.45. The summed E-state index contributed by atoms with van der Waals surface area (Å²) >= 11 is 0. The van der Waals surface area contributed by atoms with E-state index in [0.29, 0.717) is 18.0 Å². The highest BCUT2D eigenvalue weighted by Crippen LogP contribution is 2.24. The van der Waals surface area contributed by atoms with Gasteiger partial charge in [0, 0.05) is 31.3 Å². The molecule has 0 saturated carbocycles. The SMILES string of the molecule is CCn1nc(C)c(CNC(=O)c2nc(COc3ccccc3NC(C)=O)no2)c1C. The average Bonchev–Trinajstić information content (AvgIpc) is 3.29. The van der Waals surface area contributed by atoms with Crippen LogP contribution < -0.4 is 15.4 Å². The zero-order chi connectivity index (χ0) is 21.7. The third-order valence-electron chi connectivity index (χ3n) is 4.47. The first-order valence-electron chi connectivity index (χ1n) is 9.52. The van der Waals surface area contributed by atoms with Crippen LogP contribution in [0.5, 0.6) is 5.75 Å². The van der Waals surface area contributed by atoms with Gasteiger partial charge in [-0.15, -0.1) is 0 Å². The predicted molar refractivity (Wildman–Crippen MR) is 108 cm³/mol. The fourth-order valence-corrected chi connectivity index (χ4v) is 2.97. The third-order valence-corrected chi connectivity index (χ3v) is 4.47. The van der Waals surface area contributed by atoms with Gasteiger partial charge in [-0.05, 0) is 32.9 Å². The summed E-state index contributed by atoms with van der Waals surface area (Å²) in [5.74, 6) is -0.164. The first-order valence-corrected chi connectivity index (χ1v) is 9.52. The maximum absolute atomic E-state index is 12.4. The van der Waals surface area contributed by atoms with Crippen molar-refractivity contribution in [1.29, 1.82) is 0 Å². The van der Waals surface area contributed by atoms with Crippen molar-refractivity contribution in [3.05, 3.63) is 52.9 Å². The average molecular weight is 412 g/mol. The first kappa shape index (κ1) is 21.0. The van der Waals surface area contributed by atoms with Crippen molar-refractivity contribution in [1.82, 2.24) is 25.2 Å². The van der Waals surface area contributed by atoms with E-state index in [1.807, 2.05) is 25.5 Å². The second kappa shape index (κ2) is 9.21. The largest absolute Gasteiger partial charge is 0.483 e. The minimum absolute atomic E-state index is 0.0190. The van der Waals surface area contributed by atoms with Crippen LogP contribution in [0.15, 0.2) is 28.8 Å². The van der Waals surface area contributed by atoms with Gasteiger partial charge in [-0.1, -0.05) is 17.3 Å². The lowest BCUT2D eigenvalue weighted by molar-refractivity contribution is -0.114. The minimum Gasteiger partial charge on any atom is -0.483 e. The number of para-hydroxylation sites is 2. The Morgan fingerprint density at radius 1 is 1.23 bits per heavy atom. The fraction of sp³-hybridized carbons (Fsp3) is 0.350. The Morgan fingerprint density at radius 2 is 2.00 bits per heavy atom. The fourth-order valence-electron chi connectivity index (χ4n) is 2.97. The molecule has 2 aromatic heterocycles. The Balaban J connectivity index is 1.59. The molecule has 0 atom stereocenters. The van der Waals surface area contributed by atoms with E-state index in [9.17, 15) is 9.59 Å². The second-order valence-corrected chi connectivity index (χ2v) is 6.63. The summed E-state index contributed by atoms with van der Waals surface area (Å²) in [6.07, 6.45) is 0. The molecule has 0 aliphatic rings. The molecule has 2 amide bonds. The Bertz CT molecular complexity index is 1060. The van der Waals surface area contributed by atoms with E-state index in [4.69, 9.17) is 9.26 Å². The molecule has 2 heterocycles. The zero-order valence-electron chi connectivity index (χ0n) is 17.4. The van der Waals surface area contributed by atoms with Gasteiger partial charge in [-0.2, -0.15) is 10.1 Å². The lowest BCUT2D eigenvalue weighted by atomic mass is 10.2. The summed E-state index contributed by atoms with van der Waals surface area (Å²) < 4.78 is 12.6. The van der Waals surface area contributed by atoms with Crippen LogP contribution in [-0.4, -0.2) is 31.7 Å². The summed E-state index contributed by atoms with van der Waals surface area (Å²) in [6, 6.07) is 6.99. The number of carbonyl (C=O) groups excluding carboxylic acids is 2. The summed E-state index contributed by atoms with van der Waals surface area (Å²) in [6.45, 7) is 8.35. The standard InChI is InChI=1S/C20H24N6O4/c1-5-26-13(3)15(12(2)24-26)10-21-19(28)20-23-18(25-30-20)11-29-17-9-7-6-8-16(17)22-14(4)27/h6-9H,5,10-11H2,1-4H3,(H,21,28)(H,22,27). The van der Waals surface area contributed by atoms with Crippen LogP contribution in [-0.2, 0) is 24.5 Å². The van der Waals surface area contributed by atoms with E-state index in [0.717, 1.165) is 23.5 Å². The van der Waals surface area contributed by atoms with Crippen LogP contribution in [0.1, 0.15) is 47.3 Å². The molecule has 0 aliphatic carbocycles. The highest BCUT2D eigenvalue weighted by molar-refractivity contribution is 5.90. The topological polar surface area (TPSA) is 124 Å². The molecule has 0 aliphatic heterocycles. The number of nitrogens with zero attached hydrogens (tertiary/aromatic N) is 4. The van der Waals surface area contributed by atoms with Crippen LogP contribution in [0, 0.1) is 13.8 Å². The summed E-state index contributed by atoms with van der Waals surface area (Å²) in [5.41, 5.74) is 3.37. The summed E-state index contributed by atoms with van der Waals surface area (Å²) in [5, 5.41) is 13.7. The zero-order valence-corrected chi connectivity index (χ0v) is 17.4.